The van der Waals surface area contributed by atoms with Gasteiger partial charge >= 0.3 is 0 Å². The lowest BCUT2D eigenvalue weighted by Crippen LogP contribution is -2.39. The number of rotatable bonds is 6. The van der Waals surface area contributed by atoms with Crippen molar-refractivity contribution in [1.29, 1.82) is 0 Å². The summed E-state index contributed by atoms with van der Waals surface area (Å²) in [5.74, 6) is 3.11. The van der Waals surface area contributed by atoms with Crippen LogP contribution < -0.4 is 10.1 Å². The van der Waals surface area contributed by atoms with Crippen molar-refractivity contribution < 1.29 is 9.47 Å². The summed E-state index contributed by atoms with van der Waals surface area (Å²) in [5.41, 5.74) is 1.00. The van der Waals surface area contributed by atoms with Gasteiger partial charge in [0.1, 0.15) is 17.7 Å². The molecule has 0 bridgehead atoms. The van der Waals surface area contributed by atoms with Gasteiger partial charge < -0.3 is 14.8 Å². The number of ether oxygens (including phenoxy) is 2. The molecule has 1 saturated heterocycles. The van der Waals surface area contributed by atoms with Gasteiger partial charge in [0.15, 0.2) is 0 Å². The van der Waals surface area contributed by atoms with Crippen molar-refractivity contribution in [2.45, 2.75) is 45.1 Å². The van der Waals surface area contributed by atoms with Crippen molar-refractivity contribution in [3.8, 4) is 5.88 Å². The summed E-state index contributed by atoms with van der Waals surface area (Å²) >= 11 is 0. The summed E-state index contributed by atoms with van der Waals surface area (Å²) in [6.07, 6.45) is 3.62. The predicted molar refractivity (Wildman–Crippen MR) is 72.8 cm³/mol. The zero-order valence-corrected chi connectivity index (χ0v) is 11.6. The Morgan fingerprint density at radius 3 is 2.68 bits per heavy atom. The summed E-state index contributed by atoms with van der Waals surface area (Å²) in [7, 11) is 0. The zero-order chi connectivity index (χ0) is 13.2. The highest BCUT2D eigenvalue weighted by Crippen LogP contribution is 2.40. The van der Waals surface area contributed by atoms with Crippen molar-refractivity contribution >= 4 is 5.82 Å². The molecule has 104 valence electrons. The molecular formula is C14H21N3O2. The van der Waals surface area contributed by atoms with Crippen LogP contribution in [-0.2, 0) is 4.74 Å². The maximum atomic E-state index is 5.90. The van der Waals surface area contributed by atoms with E-state index in [1.165, 1.54) is 12.8 Å². The number of nitrogens with one attached hydrogen (secondary N) is 1. The normalized spacial score (nSPS) is 19.1. The average molecular weight is 263 g/mol. The Kier molecular flexibility index (Phi) is 3.55. The van der Waals surface area contributed by atoms with Gasteiger partial charge in [0.05, 0.1) is 18.8 Å². The molecule has 0 spiro atoms. The minimum absolute atomic E-state index is 0.152. The first-order valence-corrected chi connectivity index (χ1v) is 7.14. The van der Waals surface area contributed by atoms with E-state index in [1.807, 2.05) is 6.92 Å². The summed E-state index contributed by atoms with van der Waals surface area (Å²) in [6.45, 7) is 6.42. The number of anilines is 1. The van der Waals surface area contributed by atoms with E-state index >= 15 is 0 Å². The monoisotopic (exact) mass is 263 g/mol. The second kappa shape index (κ2) is 5.33. The van der Waals surface area contributed by atoms with E-state index in [0.717, 1.165) is 36.1 Å². The fourth-order valence-electron chi connectivity index (χ4n) is 2.01. The highest BCUT2D eigenvalue weighted by Gasteiger charge is 2.29. The van der Waals surface area contributed by atoms with Crippen molar-refractivity contribution in [1.82, 2.24) is 9.97 Å². The lowest BCUT2D eigenvalue weighted by Gasteiger charge is -2.27. The second-order valence-corrected chi connectivity index (χ2v) is 5.34. The largest absolute Gasteiger partial charge is 0.469 e. The van der Waals surface area contributed by atoms with Gasteiger partial charge in [-0.25, -0.2) is 4.98 Å². The van der Waals surface area contributed by atoms with Crippen LogP contribution in [0.3, 0.4) is 0 Å². The Bertz CT molecular complexity index is 456. The molecule has 3 rings (SSSR count). The SMILES string of the molecule is CCCNc1nc(C2CC2)nc(OC2COC2)c1C. The average Bonchev–Trinajstić information content (AvgIpc) is 3.18. The van der Waals surface area contributed by atoms with E-state index in [0.29, 0.717) is 19.1 Å². The molecule has 0 amide bonds. The quantitative estimate of drug-likeness (QED) is 0.853. The molecular weight excluding hydrogens is 242 g/mol. The maximum absolute atomic E-state index is 5.90. The molecule has 0 unspecified atom stereocenters. The topological polar surface area (TPSA) is 56.3 Å². The summed E-state index contributed by atoms with van der Waals surface area (Å²) in [5, 5.41) is 3.37. The standard InChI is InChI=1S/C14H21N3O2/c1-3-6-15-12-9(2)14(19-11-7-18-8-11)17-13(16-12)10-4-5-10/h10-11H,3-8H2,1-2H3,(H,15,16,17). The fraction of sp³-hybridized carbons (Fsp3) is 0.714. The van der Waals surface area contributed by atoms with Crippen molar-refractivity contribution in [2.75, 3.05) is 25.1 Å². The molecule has 1 aliphatic carbocycles. The van der Waals surface area contributed by atoms with E-state index < -0.39 is 0 Å². The van der Waals surface area contributed by atoms with Crippen LogP contribution in [0.4, 0.5) is 5.82 Å². The minimum Gasteiger partial charge on any atom is -0.469 e. The van der Waals surface area contributed by atoms with Crippen molar-refractivity contribution in [3.63, 3.8) is 0 Å². The molecule has 1 aromatic heterocycles. The van der Waals surface area contributed by atoms with Gasteiger partial charge in [-0.1, -0.05) is 6.92 Å². The number of hydrogen-bond donors (Lipinski definition) is 1. The van der Waals surface area contributed by atoms with Crippen LogP contribution in [0.2, 0.25) is 0 Å². The Hall–Kier alpha value is -1.36. The molecule has 1 aliphatic heterocycles. The minimum atomic E-state index is 0.152. The first kappa shape index (κ1) is 12.7. The molecule has 2 aliphatic rings. The van der Waals surface area contributed by atoms with Crippen LogP contribution in [0, 0.1) is 6.92 Å². The second-order valence-electron chi connectivity index (χ2n) is 5.34. The highest BCUT2D eigenvalue weighted by atomic mass is 16.6. The van der Waals surface area contributed by atoms with Gasteiger partial charge in [-0.2, -0.15) is 4.98 Å². The molecule has 19 heavy (non-hydrogen) atoms. The third-order valence-corrected chi connectivity index (χ3v) is 3.49. The molecule has 1 aromatic rings. The molecule has 2 fully saturated rings. The lowest BCUT2D eigenvalue weighted by molar-refractivity contribution is -0.0816. The molecule has 0 radical (unpaired) electrons. The van der Waals surface area contributed by atoms with Gasteiger partial charge in [0.25, 0.3) is 0 Å². The first-order chi connectivity index (χ1) is 9.28. The Balaban J connectivity index is 1.84. The highest BCUT2D eigenvalue weighted by molar-refractivity contribution is 5.49. The molecule has 1 N–H and O–H groups in total. The van der Waals surface area contributed by atoms with Gasteiger partial charge in [-0.05, 0) is 26.2 Å². The first-order valence-electron chi connectivity index (χ1n) is 7.14. The van der Waals surface area contributed by atoms with Crippen LogP contribution in [-0.4, -0.2) is 35.8 Å². The fourth-order valence-corrected chi connectivity index (χ4v) is 2.01. The van der Waals surface area contributed by atoms with Crippen LogP contribution in [0.25, 0.3) is 0 Å². The van der Waals surface area contributed by atoms with Gasteiger partial charge in [0.2, 0.25) is 5.88 Å². The maximum Gasteiger partial charge on any atom is 0.222 e. The Morgan fingerprint density at radius 1 is 1.32 bits per heavy atom. The van der Waals surface area contributed by atoms with E-state index in [9.17, 15) is 0 Å². The molecule has 5 heteroatoms. The number of hydrogen-bond acceptors (Lipinski definition) is 5. The summed E-state index contributed by atoms with van der Waals surface area (Å²) in [4.78, 5) is 9.25. The molecule has 5 nitrogen and oxygen atoms in total. The lowest BCUT2D eigenvalue weighted by atomic mass is 10.2. The van der Waals surface area contributed by atoms with Crippen molar-refractivity contribution in [3.05, 3.63) is 11.4 Å². The van der Waals surface area contributed by atoms with Gasteiger partial charge in [0, 0.05) is 12.5 Å². The van der Waals surface area contributed by atoms with Crippen LogP contribution >= 0.6 is 0 Å². The van der Waals surface area contributed by atoms with Crippen molar-refractivity contribution in [2.24, 2.45) is 0 Å². The van der Waals surface area contributed by atoms with E-state index in [-0.39, 0.29) is 6.10 Å². The zero-order valence-electron chi connectivity index (χ0n) is 11.6. The van der Waals surface area contributed by atoms with Crippen LogP contribution in [0.1, 0.15) is 43.5 Å². The van der Waals surface area contributed by atoms with E-state index in [4.69, 9.17) is 9.47 Å². The molecule has 0 atom stereocenters. The number of aromatic nitrogens is 2. The third-order valence-electron chi connectivity index (χ3n) is 3.49. The van der Waals surface area contributed by atoms with Gasteiger partial charge in [-0.15, -0.1) is 0 Å². The van der Waals surface area contributed by atoms with Crippen LogP contribution in [0.5, 0.6) is 5.88 Å². The smallest absolute Gasteiger partial charge is 0.222 e. The molecule has 0 aromatic carbocycles. The third kappa shape index (κ3) is 2.81. The summed E-state index contributed by atoms with van der Waals surface area (Å²) in [6, 6.07) is 0. The van der Waals surface area contributed by atoms with E-state index in [1.54, 1.807) is 0 Å². The number of nitrogens with zero attached hydrogens (tertiary/aromatic N) is 2. The van der Waals surface area contributed by atoms with Crippen LogP contribution in [0.15, 0.2) is 0 Å². The molecule has 2 heterocycles. The Morgan fingerprint density at radius 2 is 2.11 bits per heavy atom. The predicted octanol–water partition coefficient (Wildman–Crippen LogP) is 2.26. The van der Waals surface area contributed by atoms with Gasteiger partial charge in [-0.3, -0.25) is 0 Å². The Labute approximate surface area is 113 Å². The van der Waals surface area contributed by atoms with E-state index in [2.05, 4.69) is 22.2 Å². The molecule has 1 saturated carbocycles. The summed E-state index contributed by atoms with van der Waals surface area (Å²) < 4.78 is 11.1.